The lowest BCUT2D eigenvalue weighted by Gasteiger charge is -2.01. The largest absolute Gasteiger partial charge is 0.384 e. The summed E-state index contributed by atoms with van der Waals surface area (Å²) in [5.74, 6) is -2.69. The number of hydrogen-bond donors (Lipinski definition) is 1. The van der Waals surface area contributed by atoms with Gasteiger partial charge in [0.25, 0.3) is 5.92 Å². The number of hydrogen-bond acceptors (Lipinski definition) is 2. The molecule has 1 atom stereocenters. The molecule has 0 aliphatic heterocycles. The molecule has 2 N–H and O–H groups in total. The Morgan fingerprint density at radius 2 is 2.38 bits per heavy atom. The summed E-state index contributed by atoms with van der Waals surface area (Å²) < 4.78 is 27.0. The van der Waals surface area contributed by atoms with Crippen molar-refractivity contribution in [3.05, 3.63) is 10.7 Å². The lowest BCUT2D eigenvalue weighted by Crippen LogP contribution is -2.09. The smallest absolute Gasteiger partial charge is 0.253 e. The van der Waals surface area contributed by atoms with E-state index in [0.717, 1.165) is 0 Å². The maximum atomic E-state index is 12.5. The van der Waals surface area contributed by atoms with Crippen molar-refractivity contribution in [2.24, 2.45) is 5.92 Å². The van der Waals surface area contributed by atoms with Gasteiger partial charge in [-0.05, 0) is 15.9 Å². The second-order valence-electron chi connectivity index (χ2n) is 3.24. The van der Waals surface area contributed by atoms with Crippen LogP contribution in [0, 0.1) is 5.92 Å². The minimum Gasteiger partial charge on any atom is -0.384 e. The van der Waals surface area contributed by atoms with E-state index in [1.807, 2.05) is 0 Å². The lowest BCUT2D eigenvalue weighted by atomic mass is 10.4. The Morgan fingerprint density at radius 3 is 2.77 bits per heavy atom. The van der Waals surface area contributed by atoms with Crippen LogP contribution in [0.2, 0.25) is 0 Å². The molecule has 1 aliphatic rings. The van der Waals surface area contributed by atoms with Gasteiger partial charge in [-0.2, -0.15) is 5.10 Å². The number of alkyl halides is 2. The van der Waals surface area contributed by atoms with E-state index in [0.29, 0.717) is 10.4 Å². The third-order valence-electron chi connectivity index (χ3n) is 2.13. The van der Waals surface area contributed by atoms with Crippen LogP contribution in [0.5, 0.6) is 0 Å². The third kappa shape index (κ3) is 1.67. The van der Waals surface area contributed by atoms with E-state index in [-0.39, 0.29) is 13.0 Å². The Kier molecular flexibility index (Phi) is 1.83. The summed E-state index contributed by atoms with van der Waals surface area (Å²) in [7, 11) is 0. The van der Waals surface area contributed by atoms with Gasteiger partial charge in [0.2, 0.25) is 0 Å². The molecule has 1 heterocycles. The molecular formula is C7H8BrF2N3. The molecule has 0 amide bonds. The zero-order valence-corrected chi connectivity index (χ0v) is 8.26. The molecule has 1 aromatic heterocycles. The van der Waals surface area contributed by atoms with Crippen LogP contribution >= 0.6 is 15.9 Å². The molecule has 1 unspecified atom stereocenters. The molecule has 1 fully saturated rings. The van der Waals surface area contributed by atoms with Gasteiger partial charge in [-0.15, -0.1) is 0 Å². The average molecular weight is 252 g/mol. The average Bonchev–Trinajstić information content (AvgIpc) is 2.43. The van der Waals surface area contributed by atoms with Crippen LogP contribution in [0.1, 0.15) is 6.42 Å². The summed E-state index contributed by atoms with van der Waals surface area (Å²) in [6, 6.07) is 1.60. The van der Waals surface area contributed by atoms with Crippen LogP contribution in [0.4, 0.5) is 14.6 Å². The maximum Gasteiger partial charge on any atom is 0.253 e. The predicted octanol–water partition coefficient (Wildman–Crippen LogP) is 1.88. The molecular weight excluding hydrogens is 244 g/mol. The minimum absolute atomic E-state index is 0.0517. The first-order valence-electron chi connectivity index (χ1n) is 3.86. The van der Waals surface area contributed by atoms with E-state index in [9.17, 15) is 8.78 Å². The first-order chi connectivity index (χ1) is 5.99. The Labute approximate surface area is 82.0 Å². The fourth-order valence-corrected chi connectivity index (χ4v) is 1.65. The lowest BCUT2D eigenvalue weighted by molar-refractivity contribution is 0.0944. The summed E-state index contributed by atoms with van der Waals surface area (Å²) in [6.45, 7) is 0.199. The predicted molar refractivity (Wildman–Crippen MR) is 47.4 cm³/mol. The van der Waals surface area contributed by atoms with Gasteiger partial charge >= 0.3 is 0 Å². The van der Waals surface area contributed by atoms with Gasteiger partial charge in [0.15, 0.2) is 0 Å². The molecule has 0 spiro atoms. The topological polar surface area (TPSA) is 43.8 Å². The molecule has 1 aliphatic carbocycles. The molecule has 1 saturated carbocycles. The summed E-state index contributed by atoms with van der Waals surface area (Å²) in [5, 5.41) is 3.93. The van der Waals surface area contributed by atoms with Gasteiger partial charge in [-0.25, -0.2) is 13.5 Å². The van der Waals surface area contributed by atoms with Crippen LogP contribution in [0.15, 0.2) is 10.7 Å². The molecule has 1 aromatic rings. The fourth-order valence-electron chi connectivity index (χ4n) is 1.22. The SMILES string of the molecule is Nc1cc(Br)nn1CC1CC1(F)F. The first-order valence-corrected chi connectivity index (χ1v) is 4.65. The van der Waals surface area contributed by atoms with Gasteiger partial charge in [-0.1, -0.05) is 0 Å². The van der Waals surface area contributed by atoms with Crippen LogP contribution in [0.25, 0.3) is 0 Å². The Balaban J connectivity index is 2.07. The summed E-state index contributed by atoms with van der Waals surface area (Å²) >= 11 is 3.12. The molecule has 3 nitrogen and oxygen atoms in total. The van der Waals surface area contributed by atoms with Crippen molar-refractivity contribution in [3.63, 3.8) is 0 Å². The standard InChI is InChI=1S/C7H8BrF2N3/c8-5-1-6(11)13(12-5)3-4-2-7(4,9)10/h1,4H,2-3,11H2. The normalized spacial score (nSPS) is 24.7. The molecule has 72 valence electrons. The highest BCUT2D eigenvalue weighted by Crippen LogP contribution is 2.49. The minimum atomic E-state index is -2.51. The molecule has 13 heavy (non-hydrogen) atoms. The zero-order chi connectivity index (χ0) is 9.64. The molecule has 2 rings (SSSR count). The van der Waals surface area contributed by atoms with Gasteiger partial charge in [0.05, 0.1) is 6.54 Å². The molecule has 0 aromatic carbocycles. The monoisotopic (exact) mass is 251 g/mol. The number of nitrogens with zero attached hydrogens (tertiary/aromatic N) is 2. The number of rotatable bonds is 2. The van der Waals surface area contributed by atoms with Crippen molar-refractivity contribution in [1.82, 2.24) is 9.78 Å². The number of nitrogen functional groups attached to an aromatic ring is 1. The van der Waals surface area contributed by atoms with Gasteiger partial charge in [0, 0.05) is 18.4 Å². The Morgan fingerprint density at radius 1 is 1.77 bits per heavy atom. The fraction of sp³-hybridized carbons (Fsp3) is 0.571. The zero-order valence-electron chi connectivity index (χ0n) is 6.67. The van der Waals surface area contributed by atoms with Crippen molar-refractivity contribution in [2.45, 2.75) is 18.9 Å². The van der Waals surface area contributed by atoms with Crippen molar-refractivity contribution >= 4 is 21.7 Å². The highest BCUT2D eigenvalue weighted by Gasteiger charge is 2.56. The molecule has 0 bridgehead atoms. The van der Waals surface area contributed by atoms with E-state index in [4.69, 9.17) is 5.73 Å². The van der Waals surface area contributed by atoms with Crippen LogP contribution < -0.4 is 5.73 Å². The Bertz CT molecular complexity index is 336. The molecule has 6 heteroatoms. The number of aromatic nitrogens is 2. The summed E-state index contributed by atoms with van der Waals surface area (Å²) in [5.41, 5.74) is 5.53. The first kappa shape index (κ1) is 8.93. The molecule has 0 saturated heterocycles. The number of nitrogens with two attached hydrogens (primary N) is 1. The third-order valence-corrected chi connectivity index (χ3v) is 2.52. The van der Waals surface area contributed by atoms with Gasteiger partial charge in [-0.3, -0.25) is 0 Å². The highest BCUT2D eigenvalue weighted by atomic mass is 79.9. The van der Waals surface area contributed by atoms with E-state index >= 15 is 0 Å². The van der Waals surface area contributed by atoms with E-state index in [1.165, 1.54) is 4.68 Å². The Hall–Kier alpha value is -0.650. The van der Waals surface area contributed by atoms with Crippen molar-refractivity contribution in [1.29, 1.82) is 0 Å². The highest BCUT2D eigenvalue weighted by molar-refractivity contribution is 9.10. The second kappa shape index (κ2) is 2.67. The second-order valence-corrected chi connectivity index (χ2v) is 4.05. The van der Waals surface area contributed by atoms with Crippen molar-refractivity contribution in [2.75, 3.05) is 5.73 Å². The van der Waals surface area contributed by atoms with Crippen molar-refractivity contribution < 1.29 is 8.78 Å². The van der Waals surface area contributed by atoms with Crippen LogP contribution in [-0.2, 0) is 6.54 Å². The summed E-state index contributed by atoms with van der Waals surface area (Å²) in [4.78, 5) is 0. The van der Waals surface area contributed by atoms with Crippen molar-refractivity contribution in [3.8, 4) is 0 Å². The maximum absolute atomic E-state index is 12.5. The van der Waals surface area contributed by atoms with E-state index < -0.39 is 11.8 Å². The van der Waals surface area contributed by atoms with E-state index in [1.54, 1.807) is 6.07 Å². The van der Waals surface area contributed by atoms with Crippen LogP contribution in [-0.4, -0.2) is 15.7 Å². The number of halogens is 3. The van der Waals surface area contributed by atoms with Crippen LogP contribution in [0.3, 0.4) is 0 Å². The quantitative estimate of drug-likeness (QED) is 0.873. The van der Waals surface area contributed by atoms with Gasteiger partial charge < -0.3 is 5.73 Å². The number of anilines is 1. The van der Waals surface area contributed by atoms with E-state index in [2.05, 4.69) is 21.0 Å². The summed E-state index contributed by atoms with van der Waals surface area (Å²) in [6.07, 6.45) is -0.0517. The molecule has 0 radical (unpaired) electrons. The van der Waals surface area contributed by atoms with Gasteiger partial charge in [0.1, 0.15) is 10.4 Å².